The van der Waals surface area contributed by atoms with E-state index in [1.54, 1.807) is 4.90 Å². The first-order valence-corrected chi connectivity index (χ1v) is 9.06. The summed E-state index contributed by atoms with van der Waals surface area (Å²) >= 11 is 0. The number of hydrogen-bond donors (Lipinski definition) is 2. The SMILES string of the molecule is CC[N+]1([C@H](C)c2ccccc2)C=C(NC2CCN(C(N)=O)CC2)C=N1. The maximum atomic E-state index is 11.2. The summed E-state index contributed by atoms with van der Waals surface area (Å²) in [6.07, 6.45) is 5.99. The molecule has 3 rings (SSSR count). The van der Waals surface area contributed by atoms with Crippen LogP contribution >= 0.6 is 0 Å². The van der Waals surface area contributed by atoms with Crippen LogP contribution in [0, 0.1) is 0 Å². The highest BCUT2D eigenvalue weighted by Gasteiger charge is 2.36. The monoisotopic (exact) mass is 342 g/mol. The van der Waals surface area contributed by atoms with Crippen LogP contribution in [0.1, 0.15) is 38.3 Å². The number of urea groups is 1. The number of allylic oxidation sites excluding steroid dienone is 1. The third-order valence-corrected chi connectivity index (χ3v) is 5.41. The molecule has 0 radical (unpaired) electrons. The van der Waals surface area contributed by atoms with Crippen LogP contribution in [0.3, 0.4) is 0 Å². The molecule has 1 unspecified atom stereocenters. The van der Waals surface area contributed by atoms with E-state index >= 15 is 0 Å². The van der Waals surface area contributed by atoms with Crippen molar-refractivity contribution in [2.24, 2.45) is 10.8 Å². The van der Waals surface area contributed by atoms with Crippen molar-refractivity contribution >= 4 is 12.2 Å². The van der Waals surface area contributed by atoms with Gasteiger partial charge in [0.05, 0.1) is 0 Å². The predicted octanol–water partition coefficient (Wildman–Crippen LogP) is 2.56. The van der Waals surface area contributed by atoms with Crippen molar-refractivity contribution in [3.05, 3.63) is 47.8 Å². The fourth-order valence-corrected chi connectivity index (χ4v) is 3.68. The molecule has 25 heavy (non-hydrogen) atoms. The number of likely N-dealkylation sites (tertiary alicyclic amines) is 1. The molecular formula is C19H28N5O+. The van der Waals surface area contributed by atoms with E-state index in [1.165, 1.54) is 5.56 Å². The van der Waals surface area contributed by atoms with E-state index in [4.69, 9.17) is 10.8 Å². The fraction of sp³-hybridized carbons (Fsp3) is 0.474. The summed E-state index contributed by atoms with van der Waals surface area (Å²) in [4.78, 5) is 12.9. The minimum atomic E-state index is -0.321. The Morgan fingerprint density at radius 1 is 1.36 bits per heavy atom. The van der Waals surface area contributed by atoms with Crippen LogP contribution in [0.2, 0.25) is 0 Å². The third-order valence-electron chi connectivity index (χ3n) is 5.41. The molecule has 1 saturated heterocycles. The van der Waals surface area contributed by atoms with E-state index in [2.05, 4.69) is 49.6 Å². The van der Waals surface area contributed by atoms with Gasteiger partial charge in [0.1, 0.15) is 30.7 Å². The van der Waals surface area contributed by atoms with Crippen molar-refractivity contribution in [2.45, 2.75) is 38.8 Å². The molecule has 0 bridgehead atoms. The normalized spacial score (nSPS) is 24.9. The molecule has 1 aromatic carbocycles. The number of piperidine rings is 1. The van der Waals surface area contributed by atoms with Gasteiger partial charge in [0.25, 0.3) is 0 Å². The summed E-state index contributed by atoms with van der Waals surface area (Å²) in [5.41, 5.74) is 7.71. The van der Waals surface area contributed by atoms with Gasteiger partial charge >= 0.3 is 6.03 Å². The van der Waals surface area contributed by atoms with E-state index in [-0.39, 0.29) is 12.1 Å². The van der Waals surface area contributed by atoms with Gasteiger partial charge in [-0.15, -0.1) is 0 Å². The fourth-order valence-electron chi connectivity index (χ4n) is 3.68. The number of nitrogens with zero attached hydrogens (tertiary/aromatic N) is 3. The molecule has 2 aliphatic heterocycles. The number of nitrogens with two attached hydrogens (primary N) is 1. The maximum absolute atomic E-state index is 11.2. The van der Waals surface area contributed by atoms with Crippen molar-refractivity contribution in [2.75, 3.05) is 19.6 Å². The van der Waals surface area contributed by atoms with Gasteiger partial charge in [-0.2, -0.15) is 4.59 Å². The molecule has 2 aliphatic rings. The van der Waals surface area contributed by atoms with Crippen LogP contribution in [0.25, 0.3) is 0 Å². The number of quaternary nitrogens is 1. The second kappa shape index (κ2) is 7.27. The second-order valence-electron chi connectivity index (χ2n) is 6.86. The van der Waals surface area contributed by atoms with Crippen LogP contribution in [0.4, 0.5) is 4.79 Å². The van der Waals surface area contributed by atoms with Crippen LogP contribution in [-0.4, -0.2) is 47.4 Å². The zero-order chi connectivity index (χ0) is 17.9. The van der Waals surface area contributed by atoms with Gasteiger partial charge in [-0.3, -0.25) is 0 Å². The van der Waals surface area contributed by atoms with Crippen molar-refractivity contribution in [1.82, 2.24) is 10.2 Å². The molecule has 0 aromatic heterocycles. The first-order valence-electron chi connectivity index (χ1n) is 9.06. The average Bonchev–Trinajstić information content (AvgIpc) is 3.06. The van der Waals surface area contributed by atoms with E-state index in [9.17, 15) is 4.79 Å². The van der Waals surface area contributed by atoms with Crippen LogP contribution < -0.4 is 11.1 Å². The Bertz CT molecular complexity index is 664. The zero-order valence-electron chi connectivity index (χ0n) is 15.1. The Hall–Kier alpha value is -2.34. The van der Waals surface area contributed by atoms with Crippen molar-refractivity contribution in [3.63, 3.8) is 0 Å². The van der Waals surface area contributed by atoms with Crippen LogP contribution in [0.5, 0.6) is 0 Å². The molecular weight excluding hydrogens is 314 g/mol. The Morgan fingerprint density at radius 3 is 2.64 bits per heavy atom. The van der Waals surface area contributed by atoms with Gasteiger partial charge in [-0.25, -0.2) is 4.79 Å². The lowest BCUT2D eigenvalue weighted by Crippen LogP contribution is -2.46. The lowest BCUT2D eigenvalue weighted by Gasteiger charge is -2.32. The summed E-state index contributed by atoms with van der Waals surface area (Å²) in [6.45, 7) is 6.72. The highest BCUT2D eigenvalue weighted by Crippen LogP contribution is 2.32. The molecule has 1 fully saturated rings. The van der Waals surface area contributed by atoms with Crippen molar-refractivity contribution in [3.8, 4) is 0 Å². The average molecular weight is 342 g/mol. The molecule has 0 spiro atoms. The van der Waals surface area contributed by atoms with Gasteiger partial charge in [0, 0.05) is 24.7 Å². The topological polar surface area (TPSA) is 70.7 Å². The Balaban J connectivity index is 1.67. The summed E-state index contributed by atoms with van der Waals surface area (Å²) in [5.74, 6) is 0. The second-order valence-corrected chi connectivity index (χ2v) is 6.86. The van der Waals surface area contributed by atoms with Crippen molar-refractivity contribution < 1.29 is 9.39 Å². The van der Waals surface area contributed by atoms with Crippen LogP contribution in [0.15, 0.2) is 47.3 Å². The summed E-state index contributed by atoms with van der Waals surface area (Å²) in [5, 5.41) is 8.42. The lowest BCUT2D eigenvalue weighted by atomic mass is 10.0. The van der Waals surface area contributed by atoms with E-state index in [0.717, 1.165) is 25.1 Å². The van der Waals surface area contributed by atoms with Crippen LogP contribution in [-0.2, 0) is 0 Å². The third kappa shape index (κ3) is 3.69. The highest BCUT2D eigenvalue weighted by molar-refractivity contribution is 5.78. The number of carbonyl (C=O) groups excluding carboxylic acids is 1. The minimum absolute atomic E-state index is 0.262. The first-order chi connectivity index (χ1) is 12.0. The molecule has 1 aromatic rings. The summed E-state index contributed by atoms with van der Waals surface area (Å²) < 4.78 is 0.576. The first kappa shape index (κ1) is 17.5. The molecule has 6 heteroatoms. The number of carbonyl (C=O) groups is 1. The van der Waals surface area contributed by atoms with Gasteiger partial charge in [0.15, 0.2) is 0 Å². The van der Waals surface area contributed by atoms with Gasteiger partial charge in [-0.05, 0) is 26.7 Å². The number of primary amides is 1. The summed E-state index contributed by atoms with van der Waals surface area (Å²) in [6, 6.07) is 10.8. The Labute approximate surface area is 149 Å². The Morgan fingerprint density at radius 2 is 2.04 bits per heavy atom. The molecule has 2 atom stereocenters. The van der Waals surface area contributed by atoms with Crippen molar-refractivity contribution in [1.29, 1.82) is 0 Å². The van der Waals surface area contributed by atoms with E-state index < -0.39 is 0 Å². The standard InChI is InChI=1S/C19H27N5O/c1-3-24(15(2)16-7-5-4-6-8-16)14-18(13-21-24)22-17-9-11-23(12-10-17)19(20)25/h4-8,13-15,17,22H,3,9-12H2,1-2H3,(H-,20,25)/p+1/t15-,24?/m1/s1. The number of rotatable bonds is 5. The number of amides is 2. The molecule has 134 valence electrons. The highest BCUT2D eigenvalue weighted by atomic mass is 16.2. The van der Waals surface area contributed by atoms with E-state index in [1.807, 2.05) is 12.3 Å². The minimum Gasteiger partial charge on any atom is -0.376 e. The number of nitrogens with one attached hydrogen (secondary N) is 1. The molecule has 0 aliphatic carbocycles. The van der Waals surface area contributed by atoms with Gasteiger partial charge < -0.3 is 16.0 Å². The number of hydrogen-bond acceptors (Lipinski definition) is 3. The molecule has 3 N–H and O–H groups in total. The zero-order valence-corrected chi connectivity index (χ0v) is 15.1. The van der Waals surface area contributed by atoms with E-state index in [0.29, 0.717) is 23.7 Å². The largest absolute Gasteiger partial charge is 0.376 e. The smallest absolute Gasteiger partial charge is 0.314 e. The predicted molar refractivity (Wildman–Crippen MR) is 99.5 cm³/mol. The molecule has 2 heterocycles. The lowest BCUT2D eigenvalue weighted by molar-refractivity contribution is -0.911. The molecule has 6 nitrogen and oxygen atoms in total. The molecule has 0 saturated carbocycles. The van der Waals surface area contributed by atoms with Gasteiger partial charge in [0.2, 0.25) is 0 Å². The molecule has 2 amide bonds. The Kier molecular flexibility index (Phi) is 5.08. The maximum Gasteiger partial charge on any atom is 0.314 e. The quantitative estimate of drug-likeness (QED) is 0.807. The van der Waals surface area contributed by atoms with Gasteiger partial charge in [-0.1, -0.05) is 35.4 Å². The number of benzene rings is 1. The summed E-state index contributed by atoms with van der Waals surface area (Å²) in [7, 11) is 0.